The van der Waals surface area contributed by atoms with Crippen LogP contribution >= 0.6 is 0 Å². The van der Waals surface area contributed by atoms with Crippen LogP contribution in [0.2, 0.25) is 0 Å². The number of fused-ring (bicyclic) bond motifs is 1. The molecule has 1 atom stereocenters. The molecule has 0 spiro atoms. The lowest BCUT2D eigenvalue weighted by atomic mass is 9.88. The molecule has 29 heavy (non-hydrogen) atoms. The Balaban J connectivity index is 1.58. The number of pyridine rings is 1. The van der Waals surface area contributed by atoms with Gasteiger partial charge < -0.3 is 4.52 Å². The third kappa shape index (κ3) is 3.90. The third-order valence-corrected chi connectivity index (χ3v) is 5.69. The zero-order valence-electron chi connectivity index (χ0n) is 17.3. The zero-order chi connectivity index (χ0) is 20.8. The quantitative estimate of drug-likeness (QED) is 0.673. The van der Waals surface area contributed by atoms with Gasteiger partial charge in [0.1, 0.15) is 0 Å². The van der Waals surface area contributed by atoms with E-state index in [0.717, 1.165) is 38.2 Å². The summed E-state index contributed by atoms with van der Waals surface area (Å²) in [5, 5.41) is 11.5. The SMILES string of the molecule is Cc1noc2nc([C@H]3CCCN(Cc4cn[nH]c4C(C)(C)C)C3)cc(C(F)F)c12. The van der Waals surface area contributed by atoms with Crippen molar-refractivity contribution in [1.82, 2.24) is 25.2 Å². The van der Waals surface area contributed by atoms with E-state index in [4.69, 9.17) is 4.52 Å². The summed E-state index contributed by atoms with van der Waals surface area (Å²) in [5.41, 5.74) is 3.59. The number of nitrogens with zero attached hydrogens (tertiary/aromatic N) is 4. The maximum atomic E-state index is 13.7. The number of halogens is 2. The summed E-state index contributed by atoms with van der Waals surface area (Å²) >= 11 is 0. The Kier molecular flexibility index (Phi) is 5.14. The largest absolute Gasteiger partial charge is 0.336 e. The van der Waals surface area contributed by atoms with Crippen molar-refractivity contribution in [2.75, 3.05) is 13.1 Å². The number of alkyl halides is 2. The first kappa shape index (κ1) is 19.9. The molecule has 4 rings (SSSR count). The number of likely N-dealkylation sites (tertiary alicyclic amines) is 1. The number of hydrogen-bond donors (Lipinski definition) is 1. The summed E-state index contributed by atoms with van der Waals surface area (Å²) in [6.45, 7) is 10.7. The molecule has 3 aromatic rings. The molecule has 6 nitrogen and oxygen atoms in total. The van der Waals surface area contributed by atoms with Crippen LogP contribution in [0, 0.1) is 6.92 Å². The summed E-state index contributed by atoms with van der Waals surface area (Å²) < 4.78 is 32.6. The molecule has 1 N–H and O–H groups in total. The Labute approximate surface area is 168 Å². The average Bonchev–Trinajstić information content (AvgIpc) is 3.28. The lowest BCUT2D eigenvalue weighted by molar-refractivity contribution is 0.152. The van der Waals surface area contributed by atoms with E-state index in [2.05, 4.69) is 46.0 Å². The smallest absolute Gasteiger partial charge is 0.264 e. The highest BCUT2D eigenvalue weighted by atomic mass is 19.3. The molecule has 1 fully saturated rings. The lowest BCUT2D eigenvalue weighted by Gasteiger charge is -2.33. The molecule has 0 aliphatic carbocycles. The Morgan fingerprint density at radius 3 is 2.86 bits per heavy atom. The number of piperidine rings is 1. The molecule has 1 aliphatic rings. The van der Waals surface area contributed by atoms with E-state index in [-0.39, 0.29) is 22.6 Å². The zero-order valence-corrected chi connectivity index (χ0v) is 17.3. The Morgan fingerprint density at radius 1 is 1.34 bits per heavy atom. The van der Waals surface area contributed by atoms with Crippen molar-refractivity contribution in [3.8, 4) is 0 Å². The second-order valence-electron chi connectivity index (χ2n) is 8.98. The second-order valence-corrected chi connectivity index (χ2v) is 8.98. The van der Waals surface area contributed by atoms with Gasteiger partial charge in [0.05, 0.1) is 17.3 Å². The molecule has 0 unspecified atom stereocenters. The minimum absolute atomic E-state index is 0.00999. The normalized spacial score (nSPS) is 18.8. The predicted molar refractivity (Wildman–Crippen MR) is 106 cm³/mol. The van der Waals surface area contributed by atoms with Crippen molar-refractivity contribution in [3.05, 3.63) is 40.5 Å². The van der Waals surface area contributed by atoms with Crippen LogP contribution < -0.4 is 0 Å². The standard InChI is InChI=1S/C21H27F2N5O/c1-12-17-15(19(22)23)8-16(25-20(17)29-27-12)13-6-5-7-28(10-13)11-14-9-24-26-18(14)21(2,3)4/h8-9,13,19H,5-7,10-11H2,1-4H3,(H,24,26)/t13-/m0/s1. The number of aryl methyl sites for hydroxylation is 1. The van der Waals surface area contributed by atoms with Gasteiger partial charge >= 0.3 is 0 Å². The van der Waals surface area contributed by atoms with Crippen molar-refractivity contribution in [2.45, 2.75) is 64.8 Å². The summed E-state index contributed by atoms with van der Waals surface area (Å²) in [4.78, 5) is 6.90. The van der Waals surface area contributed by atoms with Gasteiger partial charge in [0.2, 0.25) is 0 Å². The van der Waals surface area contributed by atoms with Crippen LogP contribution in [0.3, 0.4) is 0 Å². The topological polar surface area (TPSA) is 70.8 Å². The molecular formula is C21H27F2N5O. The molecule has 1 saturated heterocycles. The van der Waals surface area contributed by atoms with Gasteiger partial charge in [-0.05, 0) is 32.4 Å². The summed E-state index contributed by atoms with van der Waals surface area (Å²) in [6, 6.07) is 1.55. The number of nitrogens with one attached hydrogen (secondary N) is 1. The second kappa shape index (κ2) is 7.48. The van der Waals surface area contributed by atoms with Crippen LogP contribution in [0.15, 0.2) is 16.8 Å². The van der Waals surface area contributed by atoms with E-state index in [1.54, 1.807) is 13.0 Å². The van der Waals surface area contributed by atoms with Crippen LogP contribution in [0.1, 0.15) is 74.2 Å². The van der Waals surface area contributed by atoms with Gasteiger partial charge in [-0.1, -0.05) is 25.9 Å². The van der Waals surface area contributed by atoms with Crippen molar-refractivity contribution in [1.29, 1.82) is 0 Å². The first-order chi connectivity index (χ1) is 13.7. The minimum atomic E-state index is -2.59. The first-order valence-electron chi connectivity index (χ1n) is 10.0. The van der Waals surface area contributed by atoms with Crippen molar-refractivity contribution in [3.63, 3.8) is 0 Å². The number of aromatic amines is 1. The van der Waals surface area contributed by atoms with Crippen LogP contribution in [0.5, 0.6) is 0 Å². The van der Waals surface area contributed by atoms with Crippen LogP contribution in [0.4, 0.5) is 8.78 Å². The maximum Gasteiger partial charge on any atom is 0.264 e. The maximum absolute atomic E-state index is 13.7. The summed E-state index contributed by atoms with van der Waals surface area (Å²) in [6.07, 6.45) is 1.22. The van der Waals surface area contributed by atoms with Gasteiger partial charge in [-0.15, -0.1) is 0 Å². The van der Waals surface area contributed by atoms with Gasteiger partial charge in [0, 0.05) is 46.9 Å². The van der Waals surface area contributed by atoms with E-state index in [1.807, 2.05) is 6.20 Å². The molecule has 156 valence electrons. The van der Waals surface area contributed by atoms with E-state index in [1.165, 1.54) is 5.56 Å². The Bertz CT molecular complexity index is 1000. The number of hydrogen-bond acceptors (Lipinski definition) is 5. The highest BCUT2D eigenvalue weighted by molar-refractivity contribution is 5.80. The molecule has 0 amide bonds. The van der Waals surface area contributed by atoms with Gasteiger partial charge in [-0.3, -0.25) is 10.00 Å². The molecular weight excluding hydrogens is 376 g/mol. The summed E-state index contributed by atoms with van der Waals surface area (Å²) in [7, 11) is 0. The van der Waals surface area contributed by atoms with E-state index in [0.29, 0.717) is 16.8 Å². The van der Waals surface area contributed by atoms with Crippen molar-refractivity contribution < 1.29 is 13.3 Å². The molecule has 8 heteroatoms. The van der Waals surface area contributed by atoms with Crippen molar-refractivity contribution in [2.24, 2.45) is 0 Å². The van der Waals surface area contributed by atoms with Crippen molar-refractivity contribution >= 4 is 11.1 Å². The van der Waals surface area contributed by atoms with Crippen LogP contribution in [-0.2, 0) is 12.0 Å². The number of aromatic nitrogens is 4. The molecule has 1 aliphatic heterocycles. The monoisotopic (exact) mass is 403 g/mol. The lowest BCUT2D eigenvalue weighted by Crippen LogP contribution is -2.34. The molecule has 3 aromatic heterocycles. The van der Waals surface area contributed by atoms with Gasteiger partial charge in [0.25, 0.3) is 12.1 Å². The van der Waals surface area contributed by atoms with E-state index in [9.17, 15) is 8.78 Å². The number of H-pyrrole nitrogens is 1. The van der Waals surface area contributed by atoms with Gasteiger partial charge in [-0.25, -0.2) is 13.8 Å². The summed E-state index contributed by atoms with van der Waals surface area (Å²) in [5.74, 6) is 0.0843. The minimum Gasteiger partial charge on any atom is -0.336 e. The molecule has 0 aromatic carbocycles. The fourth-order valence-electron chi connectivity index (χ4n) is 4.29. The first-order valence-corrected chi connectivity index (χ1v) is 10.0. The molecule has 0 bridgehead atoms. The Hall–Kier alpha value is -2.35. The number of rotatable bonds is 4. The van der Waals surface area contributed by atoms with E-state index >= 15 is 0 Å². The average molecular weight is 403 g/mol. The van der Waals surface area contributed by atoms with Crippen LogP contribution in [0.25, 0.3) is 11.1 Å². The highest BCUT2D eigenvalue weighted by Crippen LogP contribution is 2.35. The fraction of sp³-hybridized carbons (Fsp3) is 0.571. The third-order valence-electron chi connectivity index (χ3n) is 5.69. The Morgan fingerprint density at radius 2 is 2.14 bits per heavy atom. The predicted octanol–water partition coefficient (Wildman–Crippen LogP) is 4.87. The van der Waals surface area contributed by atoms with Gasteiger partial charge in [-0.2, -0.15) is 5.10 Å². The molecule has 4 heterocycles. The van der Waals surface area contributed by atoms with Crippen LogP contribution in [-0.4, -0.2) is 38.3 Å². The van der Waals surface area contributed by atoms with Gasteiger partial charge in [0.15, 0.2) is 0 Å². The molecule has 0 radical (unpaired) electrons. The highest BCUT2D eigenvalue weighted by Gasteiger charge is 2.28. The fourth-order valence-corrected chi connectivity index (χ4v) is 4.29. The van der Waals surface area contributed by atoms with E-state index < -0.39 is 6.43 Å². The molecule has 0 saturated carbocycles.